The van der Waals surface area contributed by atoms with Gasteiger partial charge in [0.05, 0.1) is 19.3 Å². The van der Waals surface area contributed by atoms with Gasteiger partial charge in [-0.2, -0.15) is 0 Å². The number of methoxy groups -OCH3 is 1. The number of nitrogens with zero attached hydrogens (tertiary/aromatic N) is 2. The Hall–Kier alpha value is -1.80. The van der Waals surface area contributed by atoms with Gasteiger partial charge in [0.2, 0.25) is 0 Å². The largest absolute Gasteiger partial charge is 0.495 e. The first-order valence-corrected chi connectivity index (χ1v) is 8.67. The van der Waals surface area contributed by atoms with Crippen LogP contribution in [0, 0.1) is 0 Å². The van der Waals surface area contributed by atoms with Crippen molar-refractivity contribution in [2.45, 2.75) is 26.9 Å². The summed E-state index contributed by atoms with van der Waals surface area (Å²) in [6.07, 6.45) is 0. The van der Waals surface area contributed by atoms with Crippen molar-refractivity contribution in [1.82, 2.24) is 4.90 Å². The molecule has 2 aromatic rings. The van der Waals surface area contributed by atoms with Gasteiger partial charge in [0, 0.05) is 6.54 Å². The maximum atomic E-state index is 6.05. The number of nitrogens with two attached hydrogens (primary N) is 1. The molecule has 0 spiro atoms. The third-order valence-electron chi connectivity index (χ3n) is 4.20. The molecule has 6 heteroatoms. The van der Waals surface area contributed by atoms with Gasteiger partial charge in [-0.1, -0.05) is 50.2 Å². The predicted octanol–water partition coefficient (Wildman–Crippen LogP) is 4.08. The molecule has 0 bridgehead atoms. The Labute approximate surface area is 173 Å². The summed E-state index contributed by atoms with van der Waals surface area (Å²) in [5.41, 5.74) is 9.35. The average Bonchev–Trinajstić information content (AvgIpc) is 2.65. The van der Waals surface area contributed by atoms with Gasteiger partial charge in [-0.3, -0.25) is 4.90 Å². The van der Waals surface area contributed by atoms with Crippen molar-refractivity contribution in [2.24, 2.45) is 10.7 Å². The number of para-hydroxylation sites is 2. The molecular formula is C20H29IN4O. The number of halogens is 1. The Bertz CT molecular complexity index is 702. The number of rotatable bonds is 8. The van der Waals surface area contributed by atoms with Crippen molar-refractivity contribution in [1.29, 1.82) is 0 Å². The highest BCUT2D eigenvalue weighted by atomic mass is 127. The van der Waals surface area contributed by atoms with E-state index in [1.807, 2.05) is 30.3 Å². The van der Waals surface area contributed by atoms with Crippen LogP contribution in [0.1, 0.15) is 25.0 Å². The van der Waals surface area contributed by atoms with Gasteiger partial charge in [-0.25, -0.2) is 4.99 Å². The zero-order valence-electron chi connectivity index (χ0n) is 15.7. The van der Waals surface area contributed by atoms with Crippen molar-refractivity contribution in [3.63, 3.8) is 0 Å². The molecule has 0 aromatic heterocycles. The molecule has 142 valence electrons. The van der Waals surface area contributed by atoms with Crippen molar-refractivity contribution in [3.8, 4) is 5.75 Å². The predicted molar refractivity (Wildman–Crippen MR) is 120 cm³/mol. The first-order valence-electron chi connectivity index (χ1n) is 8.67. The Morgan fingerprint density at radius 3 is 2.31 bits per heavy atom. The second-order valence-electron chi connectivity index (χ2n) is 5.76. The SMILES string of the molecule is CCN(CC)Cc1ccccc1CN=C(N)Nc1ccccc1OC.I. The van der Waals surface area contributed by atoms with Crippen LogP contribution in [-0.4, -0.2) is 31.1 Å². The van der Waals surface area contributed by atoms with Crippen LogP contribution in [0.25, 0.3) is 0 Å². The second kappa shape index (κ2) is 11.7. The highest BCUT2D eigenvalue weighted by molar-refractivity contribution is 14.0. The lowest BCUT2D eigenvalue weighted by molar-refractivity contribution is 0.295. The smallest absolute Gasteiger partial charge is 0.193 e. The molecule has 3 N–H and O–H groups in total. The Morgan fingerprint density at radius 1 is 1.04 bits per heavy atom. The first-order chi connectivity index (χ1) is 12.2. The van der Waals surface area contributed by atoms with E-state index in [0.29, 0.717) is 12.5 Å². The molecule has 0 aliphatic carbocycles. The molecule has 0 aliphatic rings. The van der Waals surface area contributed by atoms with E-state index in [2.05, 4.69) is 47.3 Å². The van der Waals surface area contributed by atoms with E-state index in [9.17, 15) is 0 Å². The quantitative estimate of drug-likeness (QED) is 0.348. The van der Waals surface area contributed by atoms with Gasteiger partial charge in [0.25, 0.3) is 0 Å². The van der Waals surface area contributed by atoms with Crippen LogP contribution in [0.2, 0.25) is 0 Å². The van der Waals surface area contributed by atoms with Crippen LogP contribution in [0.5, 0.6) is 5.75 Å². The van der Waals surface area contributed by atoms with Crippen LogP contribution in [0.15, 0.2) is 53.5 Å². The lowest BCUT2D eigenvalue weighted by Gasteiger charge is -2.19. The molecule has 0 amide bonds. The van der Waals surface area contributed by atoms with E-state index in [1.165, 1.54) is 11.1 Å². The van der Waals surface area contributed by atoms with Crippen LogP contribution in [0.4, 0.5) is 5.69 Å². The Morgan fingerprint density at radius 2 is 1.65 bits per heavy atom. The fourth-order valence-corrected chi connectivity index (χ4v) is 2.65. The van der Waals surface area contributed by atoms with Gasteiger partial charge < -0.3 is 15.8 Å². The molecule has 0 fully saturated rings. The number of benzene rings is 2. The first kappa shape index (κ1) is 22.2. The number of guanidine groups is 1. The molecule has 2 rings (SSSR count). The second-order valence-corrected chi connectivity index (χ2v) is 5.76. The number of nitrogens with one attached hydrogen (secondary N) is 1. The number of hydrogen-bond donors (Lipinski definition) is 2. The summed E-state index contributed by atoms with van der Waals surface area (Å²) in [6.45, 7) is 7.90. The van der Waals surface area contributed by atoms with Crippen LogP contribution < -0.4 is 15.8 Å². The van der Waals surface area contributed by atoms with Gasteiger partial charge in [0.1, 0.15) is 5.75 Å². The fraction of sp³-hybridized carbons (Fsp3) is 0.350. The molecular weight excluding hydrogens is 439 g/mol. The minimum Gasteiger partial charge on any atom is -0.495 e. The maximum Gasteiger partial charge on any atom is 0.193 e. The third kappa shape index (κ3) is 6.49. The summed E-state index contributed by atoms with van der Waals surface area (Å²) < 4.78 is 5.32. The van der Waals surface area contributed by atoms with Crippen molar-refractivity contribution >= 4 is 35.6 Å². The van der Waals surface area contributed by atoms with Crippen molar-refractivity contribution < 1.29 is 4.74 Å². The van der Waals surface area contributed by atoms with Gasteiger partial charge in [-0.05, 0) is 36.3 Å². The molecule has 2 aromatic carbocycles. The van der Waals surface area contributed by atoms with Crippen LogP contribution >= 0.6 is 24.0 Å². The monoisotopic (exact) mass is 468 g/mol. The fourth-order valence-electron chi connectivity index (χ4n) is 2.65. The molecule has 26 heavy (non-hydrogen) atoms. The van der Waals surface area contributed by atoms with E-state index in [4.69, 9.17) is 10.5 Å². The van der Waals surface area contributed by atoms with Gasteiger partial charge in [0.15, 0.2) is 5.96 Å². The average molecular weight is 468 g/mol. The summed E-state index contributed by atoms with van der Waals surface area (Å²) in [5, 5.41) is 3.11. The molecule has 0 saturated carbocycles. The van der Waals surface area contributed by atoms with Crippen molar-refractivity contribution in [2.75, 3.05) is 25.5 Å². The number of ether oxygens (including phenoxy) is 1. The van der Waals surface area contributed by atoms with Crippen LogP contribution in [0.3, 0.4) is 0 Å². The standard InChI is InChI=1S/C20H28N4O.HI/c1-4-24(5-2)15-17-11-7-6-10-16(17)14-22-20(21)23-18-12-8-9-13-19(18)25-3;/h6-13H,4-5,14-15H2,1-3H3,(H3,21,22,23);1H. The molecule has 0 radical (unpaired) electrons. The Balaban J connectivity index is 0.00000338. The molecule has 0 saturated heterocycles. The lowest BCUT2D eigenvalue weighted by atomic mass is 10.1. The minimum absolute atomic E-state index is 0. The molecule has 0 unspecified atom stereocenters. The molecule has 0 aliphatic heterocycles. The normalized spacial score (nSPS) is 11.2. The number of anilines is 1. The van der Waals surface area contributed by atoms with E-state index in [-0.39, 0.29) is 24.0 Å². The van der Waals surface area contributed by atoms with Gasteiger partial charge >= 0.3 is 0 Å². The summed E-state index contributed by atoms with van der Waals surface area (Å²) in [4.78, 5) is 6.88. The van der Waals surface area contributed by atoms with Crippen molar-refractivity contribution in [3.05, 3.63) is 59.7 Å². The van der Waals surface area contributed by atoms with E-state index in [0.717, 1.165) is 31.1 Å². The molecule has 5 nitrogen and oxygen atoms in total. The van der Waals surface area contributed by atoms with Gasteiger partial charge in [-0.15, -0.1) is 24.0 Å². The zero-order chi connectivity index (χ0) is 18.1. The Kier molecular flexibility index (Phi) is 10.0. The van der Waals surface area contributed by atoms with Crippen LogP contribution in [-0.2, 0) is 13.1 Å². The third-order valence-corrected chi connectivity index (χ3v) is 4.20. The topological polar surface area (TPSA) is 62.9 Å². The summed E-state index contributed by atoms with van der Waals surface area (Å²) in [5.74, 6) is 1.12. The molecule has 0 heterocycles. The number of hydrogen-bond acceptors (Lipinski definition) is 3. The highest BCUT2D eigenvalue weighted by Crippen LogP contribution is 2.22. The van der Waals surface area contributed by atoms with E-state index in [1.54, 1.807) is 7.11 Å². The summed E-state index contributed by atoms with van der Waals surface area (Å²) >= 11 is 0. The molecule has 0 atom stereocenters. The summed E-state index contributed by atoms with van der Waals surface area (Å²) in [6, 6.07) is 16.0. The highest BCUT2D eigenvalue weighted by Gasteiger charge is 2.07. The minimum atomic E-state index is 0. The summed E-state index contributed by atoms with van der Waals surface area (Å²) in [7, 11) is 1.64. The lowest BCUT2D eigenvalue weighted by Crippen LogP contribution is -2.24. The van der Waals surface area contributed by atoms with E-state index >= 15 is 0 Å². The number of aliphatic imine (C=N–C) groups is 1. The maximum absolute atomic E-state index is 6.05. The zero-order valence-corrected chi connectivity index (χ0v) is 18.1. The van der Waals surface area contributed by atoms with E-state index < -0.39 is 0 Å².